The van der Waals surface area contributed by atoms with Crippen molar-refractivity contribution in [2.24, 2.45) is 5.41 Å². The van der Waals surface area contributed by atoms with E-state index in [-0.39, 0.29) is 17.4 Å². The highest BCUT2D eigenvalue weighted by atomic mass is 16.3. The molecule has 2 saturated heterocycles. The molecule has 1 aliphatic carbocycles. The van der Waals surface area contributed by atoms with Crippen LogP contribution in [0.1, 0.15) is 61.3 Å². The van der Waals surface area contributed by atoms with Gasteiger partial charge in [0.2, 0.25) is 0 Å². The Kier molecular flexibility index (Phi) is 4.82. The Bertz CT molecular complexity index is 906. The molecule has 4 heterocycles. The molecule has 0 aromatic carbocycles. The number of hydrogen-bond donors (Lipinski definition) is 1. The van der Waals surface area contributed by atoms with Crippen LogP contribution in [0.15, 0.2) is 18.6 Å². The van der Waals surface area contributed by atoms with E-state index >= 15 is 0 Å². The number of pyridine rings is 1. The Morgan fingerprint density at radius 1 is 1.14 bits per heavy atom. The molecule has 3 aliphatic rings. The molecule has 2 aliphatic heterocycles. The highest BCUT2D eigenvalue weighted by molar-refractivity contribution is 5.96. The van der Waals surface area contributed by atoms with Gasteiger partial charge in [-0.3, -0.25) is 4.79 Å². The molecule has 156 valence electrons. The number of amides is 1. The van der Waals surface area contributed by atoms with E-state index in [1.807, 2.05) is 17.3 Å². The van der Waals surface area contributed by atoms with Crippen LogP contribution < -0.4 is 0 Å². The van der Waals surface area contributed by atoms with E-state index in [2.05, 4.69) is 26.5 Å². The lowest BCUT2D eigenvalue weighted by molar-refractivity contribution is -0.0731. The molecule has 7 heteroatoms. The fourth-order valence-electron chi connectivity index (χ4n) is 5.77. The largest absolute Gasteiger partial charge is 0.392 e. The molecule has 0 bridgehead atoms. The third-order valence-corrected chi connectivity index (χ3v) is 7.35. The number of hydrogen-bond acceptors (Lipinski definition) is 5. The summed E-state index contributed by atoms with van der Waals surface area (Å²) >= 11 is 0. The van der Waals surface area contributed by atoms with Crippen molar-refractivity contribution in [3.05, 3.63) is 24.2 Å². The minimum atomic E-state index is -0.336. The van der Waals surface area contributed by atoms with Crippen LogP contribution in [0.25, 0.3) is 11.2 Å². The number of nitrogens with zero attached hydrogens (tertiary/aromatic N) is 5. The van der Waals surface area contributed by atoms with E-state index in [0.717, 1.165) is 50.1 Å². The van der Waals surface area contributed by atoms with Gasteiger partial charge in [0.1, 0.15) is 5.52 Å². The second-order valence-electron chi connectivity index (χ2n) is 9.39. The molecule has 29 heavy (non-hydrogen) atoms. The van der Waals surface area contributed by atoms with Gasteiger partial charge in [0.15, 0.2) is 5.65 Å². The van der Waals surface area contributed by atoms with Crippen LogP contribution in [-0.4, -0.2) is 74.7 Å². The number of imidazole rings is 1. The second-order valence-corrected chi connectivity index (χ2v) is 9.39. The summed E-state index contributed by atoms with van der Waals surface area (Å²) < 4.78 is 2.18. The molecule has 1 N–H and O–H groups in total. The fourth-order valence-corrected chi connectivity index (χ4v) is 5.77. The van der Waals surface area contributed by atoms with Crippen LogP contribution in [0.2, 0.25) is 0 Å². The van der Waals surface area contributed by atoms with Gasteiger partial charge in [-0.2, -0.15) is 0 Å². The fraction of sp³-hybridized carbons (Fsp3) is 0.682. The summed E-state index contributed by atoms with van der Waals surface area (Å²) in [6.45, 7) is 3.12. The number of aliphatic hydroxyl groups excluding tert-OH is 1. The summed E-state index contributed by atoms with van der Waals surface area (Å²) in [5, 5.41) is 10.7. The molecule has 1 spiro atoms. The van der Waals surface area contributed by atoms with Crippen LogP contribution in [0.5, 0.6) is 0 Å². The van der Waals surface area contributed by atoms with Gasteiger partial charge in [-0.25, -0.2) is 9.97 Å². The average Bonchev–Trinajstić information content (AvgIpc) is 3.39. The van der Waals surface area contributed by atoms with Gasteiger partial charge in [-0.05, 0) is 45.2 Å². The lowest BCUT2D eigenvalue weighted by Gasteiger charge is -2.50. The van der Waals surface area contributed by atoms with Gasteiger partial charge in [0, 0.05) is 43.8 Å². The van der Waals surface area contributed by atoms with Crippen LogP contribution in [0, 0.1) is 5.41 Å². The van der Waals surface area contributed by atoms with Crippen LogP contribution in [0.3, 0.4) is 0 Å². The van der Waals surface area contributed by atoms with E-state index < -0.39 is 0 Å². The monoisotopic (exact) mass is 397 g/mol. The molecule has 3 fully saturated rings. The topological polar surface area (TPSA) is 74.5 Å². The highest BCUT2D eigenvalue weighted by Crippen LogP contribution is 2.39. The Labute approximate surface area is 171 Å². The van der Waals surface area contributed by atoms with Crippen molar-refractivity contribution in [3.8, 4) is 0 Å². The molecular weight excluding hydrogens is 366 g/mol. The zero-order valence-electron chi connectivity index (χ0n) is 17.3. The van der Waals surface area contributed by atoms with Gasteiger partial charge in [0.05, 0.1) is 18.0 Å². The minimum absolute atomic E-state index is 0.00863. The molecule has 2 aromatic heterocycles. The van der Waals surface area contributed by atoms with Crippen molar-refractivity contribution in [1.29, 1.82) is 0 Å². The summed E-state index contributed by atoms with van der Waals surface area (Å²) in [6.07, 6.45) is 10.8. The molecule has 2 atom stereocenters. The SMILES string of the molecule is CN1CC[C@H](O)[C@@]2(CCCN(C(=O)c3cnc4c(c3)ncn4C3CCCC3)C2)C1. The number of aromatic nitrogens is 3. The van der Waals surface area contributed by atoms with Crippen LogP contribution in [-0.2, 0) is 0 Å². The molecule has 0 unspecified atom stereocenters. The third kappa shape index (κ3) is 3.34. The molecule has 2 aromatic rings. The van der Waals surface area contributed by atoms with Crippen LogP contribution >= 0.6 is 0 Å². The van der Waals surface area contributed by atoms with E-state index in [1.54, 1.807) is 6.20 Å². The minimum Gasteiger partial charge on any atom is -0.392 e. The Morgan fingerprint density at radius 3 is 2.79 bits per heavy atom. The number of aliphatic hydroxyl groups is 1. The quantitative estimate of drug-likeness (QED) is 0.843. The molecule has 1 saturated carbocycles. The first-order chi connectivity index (χ1) is 14.1. The zero-order chi connectivity index (χ0) is 20.0. The maximum absolute atomic E-state index is 13.3. The van der Waals surface area contributed by atoms with E-state index in [0.29, 0.717) is 18.2 Å². The first kappa shape index (κ1) is 19.0. The first-order valence-electron chi connectivity index (χ1n) is 11.0. The summed E-state index contributed by atoms with van der Waals surface area (Å²) in [4.78, 5) is 26.6. The van der Waals surface area contributed by atoms with E-state index in [1.165, 1.54) is 25.7 Å². The lowest BCUT2D eigenvalue weighted by atomic mass is 9.71. The van der Waals surface area contributed by atoms with Crippen LogP contribution in [0.4, 0.5) is 0 Å². The summed E-state index contributed by atoms with van der Waals surface area (Å²) in [5.41, 5.74) is 2.08. The van der Waals surface area contributed by atoms with Crippen molar-refractivity contribution < 1.29 is 9.90 Å². The van der Waals surface area contributed by atoms with Gasteiger partial charge in [0.25, 0.3) is 5.91 Å². The van der Waals surface area contributed by atoms with E-state index in [9.17, 15) is 9.90 Å². The number of carbonyl (C=O) groups is 1. The van der Waals surface area contributed by atoms with Crippen molar-refractivity contribution in [3.63, 3.8) is 0 Å². The molecular formula is C22H31N5O2. The van der Waals surface area contributed by atoms with Crippen molar-refractivity contribution in [2.45, 2.75) is 57.1 Å². The van der Waals surface area contributed by atoms with Gasteiger partial charge < -0.3 is 19.5 Å². The van der Waals surface area contributed by atoms with Gasteiger partial charge in [-0.15, -0.1) is 0 Å². The first-order valence-corrected chi connectivity index (χ1v) is 11.0. The lowest BCUT2D eigenvalue weighted by Crippen LogP contribution is -2.59. The maximum atomic E-state index is 13.3. The third-order valence-electron chi connectivity index (χ3n) is 7.35. The summed E-state index contributed by atoms with van der Waals surface area (Å²) in [5.74, 6) is 0.00863. The second kappa shape index (κ2) is 7.36. The Hall–Kier alpha value is -1.99. The molecule has 0 radical (unpaired) electrons. The zero-order valence-corrected chi connectivity index (χ0v) is 17.3. The van der Waals surface area contributed by atoms with Gasteiger partial charge >= 0.3 is 0 Å². The maximum Gasteiger partial charge on any atom is 0.255 e. The number of carbonyl (C=O) groups excluding carboxylic acids is 1. The number of fused-ring (bicyclic) bond motifs is 1. The Morgan fingerprint density at radius 2 is 1.97 bits per heavy atom. The van der Waals surface area contributed by atoms with E-state index in [4.69, 9.17) is 0 Å². The predicted molar refractivity (Wildman–Crippen MR) is 111 cm³/mol. The normalized spacial score (nSPS) is 29.2. The Balaban J connectivity index is 1.38. The highest BCUT2D eigenvalue weighted by Gasteiger charge is 2.45. The van der Waals surface area contributed by atoms with Crippen molar-refractivity contribution >= 4 is 17.1 Å². The standard InChI is InChI=1S/C22H31N5O2/c1-25-10-7-19(28)22(13-25)8-4-9-26(14-22)21(29)16-11-18-20(23-12-16)27(15-24-18)17-5-2-3-6-17/h11-12,15,17,19,28H,2-10,13-14H2,1H3/t19-,22-/m0/s1. The molecule has 7 nitrogen and oxygen atoms in total. The van der Waals surface area contributed by atoms with Gasteiger partial charge in [-0.1, -0.05) is 12.8 Å². The average molecular weight is 398 g/mol. The number of likely N-dealkylation sites (tertiary alicyclic amines) is 2. The molecule has 5 rings (SSSR count). The van der Waals surface area contributed by atoms with Crippen molar-refractivity contribution in [1.82, 2.24) is 24.3 Å². The summed E-state index contributed by atoms with van der Waals surface area (Å²) in [7, 11) is 2.10. The predicted octanol–water partition coefficient (Wildman–Crippen LogP) is 2.47. The number of piperidine rings is 2. The number of rotatable bonds is 2. The smallest absolute Gasteiger partial charge is 0.255 e. The molecule has 1 amide bonds. The summed E-state index contributed by atoms with van der Waals surface area (Å²) in [6, 6.07) is 2.38. The van der Waals surface area contributed by atoms with Crippen molar-refractivity contribution in [2.75, 3.05) is 33.2 Å².